The number of hydrogen-bond acceptors (Lipinski definition) is 2. The molecule has 3 rings (SSSR count). The van der Waals surface area contributed by atoms with Gasteiger partial charge in [-0.15, -0.1) is 0 Å². The third kappa shape index (κ3) is 1.45. The van der Waals surface area contributed by atoms with Gasteiger partial charge in [0.05, 0.1) is 0 Å². The molecule has 2 aromatic rings. The van der Waals surface area contributed by atoms with Crippen LogP contribution >= 0.6 is 0 Å². The zero-order valence-corrected chi connectivity index (χ0v) is 9.50. The van der Waals surface area contributed by atoms with Crippen molar-refractivity contribution in [2.75, 3.05) is 0 Å². The van der Waals surface area contributed by atoms with Crippen molar-refractivity contribution in [1.82, 2.24) is 19.1 Å². The maximum atomic E-state index is 4.44. The molecule has 2 heterocycles. The Morgan fingerprint density at radius 2 is 1.75 bits per heavy atom. The molecule has 16 heavy (non-hydrogen) atoms. The molecule has 2 aromatic heterocycles. The van der Waals surface area contributed by atoms with Gasteiger partial charge in [-0.1, -0.05) is 12.8 Å². The zero-order chi connectivity index (χ0) is 11.0. The second-order valence-electron chi connectivity index (χ2n) is 4.46. The average molecular weight is 216 g/mol. The summed E-state index contributed by atoms with van der Waals surface area (Å²) in [5.41, 5.74) is 0. The molecule has 0 bridgehead atoms. The van der Waals surface area contributed by atoms with Crippen LogP contribution in [-0.2, 0) is 7.05 Å². The number of aromatic nitrogens is 4. The first-order valence-electron chi connectivity index (χ1n) is 5.87. The molecule has 1 saturated carbocycles. The van der Waals surface area contributed by atoms with E-state index in [1.807, 2.05) is 30.2 Å². The van der Waals surface area contributed by atoms with Crippen LogP contribution in [0.3, 0.4) is 0 Å². The molecule has 0 unspecified atom stereocenters. The van der Waals surface area contributed by atoms with Crippen molar-refractivity contribution in [3.63, 3.8) is 0 Å². The van der Waals surface area contributed by atoms with Gasteiger partial charge in [0.2, 0.25) is 0 Å². The van der Waals surface area contributed by atoms with Gasteiger partial charge in [0.25, 0.3) is 0 Å². The molecule has 0 aromatic carbocycles. The van der Waals surface area contributed by atoms with Crippen LogP contribution in [0.2, 0.25) is 0 Å². The van der Waals surface area contributed by atoms with Crippen molar-refractivity contribution in [3.05, 3.63) is 24.8 Å². The van der Waals surface area contributed by atoms with E-state index in [4.69, 9.17) is 0 Å². The Labute approximate surface area is 94.9 Å². The van der Waals surface area contributed by atoms with E-state index in [1.165, 1.54) is 25.7 Å². The van der Waals surface area contributed by atoms with Gasteiger partial charge in [0.15, 0.2) is 11.6 Å². The molecule has 1 fully saturated rings. The van der Waals surface area contributed by atoms with E-state index in [-0.39, 0.29) is 0 Å². The van der Waals surface area contributed by atoms with E-state index in [1.54, 1.807) is 0 Å². The summed E-state index contributed by atoms with van der Waals surface area (Å²) in [7, 11) is 2.01. The summed E-state index contributed by atoms with van der Waals surface area (Å²) < 4.78 is 4.31. The second-order valence-corrected chi connectivity index (χ2v) is 4.46. The fourth-order valence-electron chi connectivity index (χ4n) is 2.54. The first-order chi connectivity index (χ1) is 7.86. The lowest BCUT2D eigenvalue weighted by Crippen LogP contribution is -2.07. The summed E-state index contributed by atoms with van der Waals surface area (Å²) in [4.78, 5) is 8.81. The monoisotopic (exact) mass is 216 g/mol. The summed E-state index contributed by atoms with van der Waals surface area (Å²) >= 11 is 0. The molecule has 0 atom stereocenters. The lowest BCUT2D eigenvalue weighted by molar-refractivity contribution is 0.521. The van der Waals surface area contributed by atoms with Crippen LogP contribution in [0.25, 0.3) is 11.6 Å². The molecule has 0 saturated heterocycles. The van der Waals surface area contributed by atoms with Crippen molar-refractivity contribution in [2.45, 2.75) is 31.7 Å². The molecule has 0 aliphatic heterocycles. The van der Waals surface area contributed by atoms with Crippen LogP contribution in [-0.4, -0.2) is 19.1 Å². The summed E-state index contributed by atoms with van der Waals surface area (Å²) in [5, 5.41) is 0. The van der Waals surface area contributed by atoms with Crippen LogP contribution in [0.15, 0.2) is 24.8 Å². The number of rotatable bonds is 2. The highest BCUT2D eigenvalue weighted by Gasteiger charge is 2.21. The highest BCUT2D eigenvalue weighted by atomic mass is 15.2. The fourth-order valence-corrected chi connectivity index (χ4v) is 2.54. The Balaban J connectivity index is 2.02. The lowest BCUT2D eigenvalue weighted by Gasteiger charge is -2.14. The fraction of sp³-hybridized carbons (Fsp3) is 0.500. The molecule has 0 spiro atoms. The average Bonchev–Trinajstić information content (AvgIpc) is 2.95. The van der Waals surface area contributed by atoms with Crippen molar-refractivity contribution in [2.24, 2.45) is 7.05 Å². The third-order valence-electron chi connectivity index (χ3n) is 3.41. The molecule has 84 valence electrons. The number of aryl methyl sites for hydroxylation is 1. The van der Waals surface area contributed by atoms with Crippen molar-refractivity contribution in [3.8, 4) is 11.6 Å². The van der Waals surface area contributed by atoms with E-state index in [2.05, 4.69) is 20.7 Å². The first-order valence-corrected chi connectivity index (χ1v) is 5.87. The molecule has 0 radical (unpaired) electrons. The molecule has 0 N–H and O–H groups in total. The third-order valence-corrected chi connectivity index (χ3v) is 3.41. The van der Waals surface area contributed by atoms with E-state index in [0.29, 0.717) is 6.04 Å². The Bertz CT molecular complexity index is 477. The summed E-state index contributed by atoms with van der Waals surface area (Å²) in [6.45, 7) is 0. The van der Waals surface area contributed by atoms with Gasteiger partial charge in [-0.25, -0.2) is 9.97 Å². The number of nitrogens with zero attached hydrogens (tertiary/aromatic N) is 4. The second kappa shape index (κ2) is 3.77. The largest absolute Gasteiger partial charge is 0.331 e. The zero-order valence-electron chi connectivity index (χ0n) is 9.50. The van der Waals surface area contributed by atoms with Gasteiger partial charge in [0, 0.05) is 37.9 Å². The highest BCUT2D eigenvalue weighted by Crippen LogP contribution is 2.32. The van der Waals surface area contributed by atoms with Gasteiger partial charge in [-0.05, 0) is 12.8 Å². The van der Waals surface area contributed by atoms with E-state index in [0.717, 1.165) is 11.6 Å². The normalized spacial score (nSPS) is 17.1. The molecule has 0 amide bonds. The van der Waals surface area contributed by atoms with E-state index in [9.17, 15) is 0 Å². The molecule has 1 aliphatic carbocycles. The Morgan fingerprint density at radius 1 is 1.06 bits per heavy atom. The highest BCUT2D eigenvalue weighted by molar-refractivity contribution is 5.44. The predicted octanol–water partition coefficient (Wildman–Crippen LogP) is 2.40. The smallest absolute Gasteiger partial charge is 0.176 e. The van der Waals surface area contributed by atoms with Crippen LogP contribution in [0.1, 0.15) is 31.7 Å². The lowest BCUT2D eigenvalue weighted by atomic mass is 10.2. The van der Waals surface area contributed by atoms with Gasteiger partial charge in [-0.3, -0.25) is 0 Å². The Kier molecular flexibility index (Phi) is 2.27. The SMILES string of the molecule is Cn1ccnc1-c1nccn1C1CCCC1. The molecule has 1 aliphatic rings. The standard InChI is InChI=1S/C12H16N4/c1-15-8-6-13-11(15)12-14-7-9-16(12)10-4-2-3-5-10/h6-10H,2-5H2,1H3. The minimum absolute atomic E-state index is 0.620. The van der Waals surface area contributed by atoms with E-state index < -0.39 is 0 Å². The molecule has 4 heteroatoms. The van der Waals surface area contributed by atoms with Gasteiger partial charge >= 0.3 is 0 Å². The Morgan fingerprint density at radius 3 is 2.44 bits per heavy atom. The first kappa shape index (κ1) is 9.63. The van der Waals surface area contributed by atoms with Crippen molar-refractivity contribution >= 4 is 0 Å². The van der Waals surface area contributed by atoms with E-state index >= 15 is 0 Å². The molecular formula is C12H16N4. The van der Waals surface area contributed by atoms with Gasteiger partial charge in [-0.2, -0.15) is 0 Å². The van der Waals surface area contributed by atoms with Crippen LogP contribution < -0.4 is 0 Å². The van der Waals surface area contributed by atoms with Crippen LogP contribution in [0.5, 0.6) is 0 Å². The van der Waals surface area contributed by atoms with Crippen LogP contribution in [0, 0.1) is 0 Å². The number of hydrogen-bond donors (Lipinski definition) is 0. The number of imidazole rings is 2. The quantitative estimate of drug-likeness (QED) is 0.772. The summed E-state index contributed by atoms with van der Waals surface area (Å²) in [6, 6.07) is 0.620. The molecular weight excluding hydrogens is 200 g/mol. The topological polar surface area (TPSA) is 35.6 Å². The van der Waals surface area contributed by atoms with Crippen molar-refractivity contribution in [1.29, 1.82) is 0 Å². The van der Waals surface area contributed by atoms with Crippen molar-refractivity contribution < 1.29 is 0 Å². The minimum atomic E-state index is 0.620. The minimum Gasteiger partial charge on any atom is -0.331 e. The molecule has 4 nitrogen and oxygen atoms in total. The van der Waals surface area contributed by atoms with Gasteiger partial charge in [0.1, 0.15) is 0 Å². The maximum absolute atomic E-state index is 4.44. The predicted molar refractivity (Wildman–Crippen MR) is 61.9 cm³/mol. The summed E-state index contributed by atoms with van der Waals surface area (Å²) in [6.07, 6.45) is 13.0. The maximum Gasteiger partial charge on any atom is 0.176 e. The van der Waals surface area contributed by atoms with Crippen LogP contribution in [0.4, 0.5) is 0 Å². The van der Waals surface area contributed by atoms with Gasteiger partial charge < -0.3 is 9.13 Å². The Hall–Kier alpha value is -1.58. The summed E-state index contributed by atoms with van der Waals surface area (Å²) in [5.74, 6) is 1.95.